The van der Waals surface area contributed by atoms with Gasteiger partial charge in [-0.3, -0.25) is 9.59 Å². The number of carbonyl (C=O) groups excluding carboxylic acids is 2. The number of rotatable bonds is 4. The molecule has 1 saturated carbocycles. The molecule has 2 unspecified atom stereocenters. The summed E-state index contributed by atoms with van der Waals surface area (Å²) in [5, 5.41) is 2.77. The van der Waals surface area contributed by atoms with Crippen LogP contribution < -0.4 is 5.32 Å². The predicted molar refractivity (Wildman–Crippen MR) is 87.4 cm³/mol. The Hall–Kier alpha value is -1.10. The van der Waals surface area contributed by atoms with Crippen molar-refractivity contribution < 1.29 is 9.59 Å². The van der Waals surface area contributed by atoms with Crippen molar-refractivity contribution in [2.75, 3.05) is 33.7 Å². The van der Waals surface area contributed by atoms with E-state index in [9.17, 15) is 9.59 Å². The Morgan fingerprint density at radius 3 is 2.55 bits per heavy atom. The summed E-state index contributed by atoms with van der Waals surface area (Å²) in [6, 6.07) is 0.230. The fourth-order valence-corrected chi connectivity index (χ4v) is 4.50. The van der Waals surface area contributed by atoms with E-state index in [1.807, 2.05) is 19.0 Å². The molecule has 2 amide bonds. The lowest BCUT2D eigenvalue weighted by molar-refractivity contribution is -0.146. The largest absolute Gasteiger partial charge is 0.348 e. The van der Waals surface area contributed by atoms with Crippen LogP contribution in [0, 0.1) is 10.8 Å². The van der Waals surface area contributed by atoms with Crippen LogP contribution in [-0.4, -0.2) is 61.4 Å². The Morgan fingerprint density at radius 2 is 1.91 bits per heavy atom. The van der Waals surface area contributed by atoms with Crippen molar-refractivity contribution in [2.24, 2.45) is 10.8 Å². The van der Waals surface area contributed by atoms with Crippen LogP contribution in [0.3, 0.4) is 0 Å². The molecule has 1 heterocycles. The molecule has 0 aromatic carbocycles. The number of nitrogens with one attached hydrogen (secondary N) is 1. The summed E-state index contributed by atoms with van der Waals surface area (Å²) in [5.41, 5.74) is 0.433. The highest BCUT2D eigenvalue weighted by molar-refractivity contribution is 6.35. The molecule has 126 valence electrons. The van der Waals surface area contributed by atoms with Gasteiger partial charge in [-0.1, -0.05) is 20.8 Å². The van der Waals surface area contributed by atoms with Gasteiger partial charge in [-0.25, -0.2) is 0 Å². The summed E-state index contributed by atoms with van der Waals surface area (Å²) < 4.78 is 0. The molecular weight excluding hydrogens is 278 g/mol. The molecule has 5 nitrogen and oxygen atoms in total. The maximum atomic E-state index is 12.5. The van der Waals surface area contributed by atoms with Crippen LogP contribution in [0.4, 0.5) is 0 Å². The van der Waals surface area contributed by atoms with Crippen molar-refractivity contribution >= 4 is 11.8 Å². The van der Waals surface area contributed by atoms with Gasteiger partial charge in [0.15, 0.2) is 0 Å². The van der Waals surface area contributed by atoms with Gasteiger partial charge in [0.25, 0.3) is 0 Å². The lowest BCUT2D eigenvalue weighted by Gasteiger charge is -2.39. The second-order valence-corrected chi connectivity index (χ2v) is 8.56. The monoisotopic (exact) mass is 309 g/mol. The molecule has 2 aliphatic rings. The zero-order valence-electron chi connectivity index (χ0n) is 14.7. The van der Waals surface area contributed by atoms with Crippen molar-refractivity contribution in [2.45, 2.75) is 52.5 Å². The van der Waals surface area contributed by atoms with E-state index in [4.69, 9.17) is 0 Å². The minimum absolute atomic E-state index is 0.174. The lowest BCUT2D eigenvalue weighted by atomic mass is 9.65. The second-order valence-electron chi connectivity index (χ2n) is 8.56. The van der Waals surface area contributed by atoms with E-state index in [0.717, 1.165) is 38.8 Å². The van der Waals surface area contributed by atoms with Gasteiger partial charge in [0.05, 0.1) is 0 Å². The zero-order chi connectivity index (χ0) is 16.5. The fourth-order valence-electron chi connectivity index (χ4n) is 4.50. The van der Waals surface area contributed by atoms with Gasteiger partial charge in [0, 0.05) is 19.1 Å². The quantitative estimate of drug-likeness (QED) is 0.632. The minimum Gasteiger partial charge on any atom is -0.348 e. The van der Waals surface area contributed by atoms with E-state index in [0.29, 0.717) is 6.54 Å². The highest BCUT2D eigenvalue weighted by atomic mass is 16.2. The van der Waals surface area contributed by atoms with Crippen LogP contribution in [0.25, 0.3) is 0 Å². The van der Waals surface area contributed by atoms with Crippen LogP contribution in [0.5, 0.6) is 0 Å². The van der Waals surface area contributed by atoms with E-state index < -0.39 is 5.91 Å². The van der Waals surface area contributed by atoms with Crippen LogP contribution in [0.2, 0.25) is 0 Å². The molecule has 5 heteroatoms. The lowest BCUT2D eigenvalue weighted by Crippen LogP contribution is -2.46. The van der Waals surface area contributed by atoms with E-state index >= 15 is 0 Å². The molecule has 22 heavy (non-hydrogen) atoms. The van der Waals surface area contributed by atoms with Crippen LogP contribution in [-0.2, 0) is 9.59 Å². The van der Waals surface area contributed by atoms with Gasteiger partial charge in [-0.2, -0.15) is 0 Å². The average Bonchev–Trinajstić information content (AvgIpc) is 2.62. The first-order valence-electron chi connectivity index (χ1n) is 8.35. The van der Waals surface area contributed by atoms with Crippen LogP contribution in [0.1, 0.15) is 46.5 Å². The Balaban J connectivity index is 1.89. The zero-order valence-corrected chi connectivity index (χ0v) is 14.7. The van der Waals surface area contributed by atoms with Crippen molar-refractivity contribution in [3.05, 3.63) is 0 Å². The number of nitrogens with zero attached hydrogens (tertiary/aromatic N) is 2. The summed E-state index contributed by atoms with van der Waals surface area (Å²) in [6.07, 6.45) is 4.03. The first kappa shape index (κ1) is 17.3. The smallest absolute Gasteiger partial charge is 0.312 e. The number of amides is 2. The van der Waals surface area contributed by atoms with E-state index in [2.05, 4.69) is 31.0 Å². The molecule has 0 spiro atoms. The number of carbonyl (C=O) groups is 2. The molecular formula is C17H31N3O2. The molecule has 2 rings (SSSR count). The molecule has 1 saturated heterocycles. The maximum absolute atomic E-state index is 12.5. The minimum atomic E-state index is -0.437. The standard InChI is InChI=1S/C17H31N3O2/c1-16(2)9-13-10-17(3,11-16)12-20(13)15(22)14(21)18-7-6-8-19(4)5/h13H,6-12H2,1-5H3,(H,18,21). The molecule has 1 aliphatic carbocycles. The third kappa shape index (κ3) is 4.00. The Labute approximate surface area is 134 Å². The van der Waals surface area contributed by atoms with Gasteiger partial charge in [0.1, 0.15) is 0 Å². The number of likely N-dealkylation sites (tertiary alicyclic amines) is 1. The number of hydrogen-bond acceptors (Lipinski definition) is 3. The van der Waals surface area contributed by atoms with Crippen molar-refractivity contribution in [1.29, 1.82) is 0 Å². The Kier molecular flexibility index (Phi) is 4.85. The molecule has 0 radical (unpaired) electrons. The topological polar surface area (TPSA) is 52.7 Å². The average molecular weight is 309 g/mol. The molecule has 2 bridgehead atoms. The summed E-state index contributed by atoms with van der Waals surface area (Å²) in [4.78, 5) is 28.5. The first-order valence-corrected chi connectivity index (χ1v) is 8.35. The fraction of sp³-hybridized carbons (Fsp3) is 0.882. The van der Waals surface area contributed by atoms with Crippen molar-refractivity contribution in [3.8, 4) is 0 Å². The highest BCUT2D eigenvalue weighted by Crippen LogP contribution is 2.52. The van der Waals surface area contributed by atoms with Crippen molar-refractivity contribution in [1.82, 2.24) is 15.1 Å². The molecule has 1 aliphatic heterocycles. The van der Waals surface area contributed by atoms with E-state index in [1.54, 1.807) is 0 Å². The van der Waals surface area contributed by atoms with E-state index in [-0.39, 0.29) is 22.8 Å². The highest BCUT2D eigenvalue weighted by Gasteiger charge is 2.51. The number of hydrogen-bond donors (Lipinski definition) is 1. The van der Waals surface area contributed by atoms with Gasteiger partial charge >= 0.3 is 11.8 Å². The molecule has 0 aromatic rings. The molecule has 0 aromatic heterocycles. The van der Waals surface area contributed by atoms with Gasteiger partial charge in [-0.15, -0.1) is 0 Å². The number of fused-ring (bicyclic) bond motifs is 2. The molecule has 2 atom stereocenters. The Morgan fingerprint density at radius 1 is 1.23 bits per heavy atom. The molecule has 2 fully saturated rings. The maximum Gasteiger partial charge on any atom is 0.312 e. The first-order chi connectivity index (χ1) is 10.1. The van der Waals surface area contributed by atoms with E-state index in [1.165, 1.54) is 0 Å². The summed E-state index contributed by atoms with van der Waals surface area (Å²) in [7, 11) is 4.00. The summed E-state index contributed by atoms with van der Waals surface area (Å²) in [5.74, 6) is -0.774. The van der Waals surface area contributed by atoms with Gasteiger partial charge in [0.2, 0.25) is 0 Å². The summed E-state index contributed by atoms with van der Waals surface area (Å²) >= 11 is 0. The van der Waals surface area contributed by atoms with Crippen LogP contribution >= 0.6 is 0 Å². The van der Waals surface area contributed by atoms with Gasteiger partial charge in [-0.05, 0) is 57.2 Å². The SMILES string of the molecule is CN(C)CCCNC(=O)C(=O)N1CC2(C)CC1CC(C)(C)C2. The predicted octanol–water partition coefficient (Wildman–Crippen LogP) is 1.48. The van der Waals surface area contributed by atoms with Gasteiger partial charge < -0.3 is 15.1 Å². The Bertz CT molecular complexity index is 447. The van der Waals surface area contributed by atoms with Crippen molar-refractivity contribution in [3.63, 3.8) is 0 Å². The third-order valence-corrected chi connectivity index (χ3v) is 4.94. The normalized spacial score (nSPS) is 29.7. The third-order valence-electron chi connectivity index (χ3n) is 4.94. The van der Waals surface area contributed by atoms with Crippen LogP contribution in [0.15, 0.2) is 0 Å². The molecule has 1 N–H and O–H groups in total. The summed E-state index contributed by atoms with van der Waals surface area (Å²) in [6.45, 7) is 8.99. The second kappa shape index (κ2) is 6.19.